The Balaban J connectivity index is 1.91. The van der Waals surface area contributed by atoms with Crippen LogP contribution in [0.3, 0.4) is 0 Å². The summed E-state index contributed by atoms with van der Waals surface area (Å²) in [6.45, 7) is 0.0999. The Labute approximate surface area is 159 Å². The molecule has 0 amide bonds. The monoisotopic (exact) mass is 412 g/mol. The van der Waals surface area contributed by atoms with Crippen molar-refractivity contribution in [2.45, 2.75) is 18.5 Å². The zero-order valence-corrected chi connectivity index (χ0v) is 15.5. The summed E-state index contributed by atoms with van der Waals surface area (Å²) in [6.07, 6.45) is -2.02. The van der Waals surface area contributed by atoms with E-state index in [1.807, 2.05) is 0 Å². The first kappa shape index (κ1) is 20.1. The maximum absolute atomic E-state index is 13.6. The number of rotatable bonds is 5. The van der Waals surface area contributed by atoms with Gasteiger partial charge in [-0.15, -0.1) is 0 Å². The highest BCUT2D eigenvalue weighted by atomic mass is 32.2. The van der Waals surface area contributed by atoms with E-state index < -0.39 is 27.4 Å². The lowest BCUT2D eigenvalue weighted by atomic mass is 10.1. The molecule has 0 aliphatic heterocycles. The Morgan fingerprint density at radius 2 is 1.79 bits per heavy atom. The average molecular weight is 412 g/mol. The molecule has 0 aliphatic carbocycles. The third kappa shape index (κ3) is 4.78. The lowest BCUT2D eigenvalue weighted by Crippen LogP contribution is -2.08. The molecule has 0 bridgehead atoms. The summed E-state index contributed by atoms with van der Waals surface area (Å²) in [7, 11) is -3.32. The first-order valence-electron chi connectivity index (χ1n) is 8.18. The van der Waals surface area contributed by atoms with E-state index in [1.54, 1.807) is 6.07 Å². The van der Waals surface area contributed by atoms with Crippen LogP contribution >= 0.6 is 0 Å². The first-order chi connectivity index (χ1) is 13.0. The van der Waals surface area contributed by atoms with Gasteiger partial charge >= 0.3 is 6.18 Å². The number of nitrogens with one attached hydrogen (secondary N) is 1. The van der Waals surface area contributed by atoms with E-state index in [0.29, 0.717) is 22.2 Å². The number of alkyl halides is 3. The number of fused-ring (bicyclic) bond motifs is 1. The fraction of sp³-hybridized carbons (Fsp3) is 0.211. The Morgan fingerprint density at radius 3 is 2.46 bits per heavy atom. The molecule has 4 nitrogen and oxygen atoms in total. The van der Waals surface area contributed by atoms with Gasteiger partial charge in [-0.1, -0.05) is 12.1 Å². The molecule has 1 N–H and O–H groups in total. The quantitative estimate of drug-likeness (QED) is 0.625. The minimum Gasteiger partial charge on any atom is -0.380 e. The summed E-state index contributed by atoms with van der Waals surface area (Å²) in [5, 5.41) is 3.50. The van der Waals surface area contributed by atoms with Gasteiger partial charge < -0.3 is 5.32 Å². The number of pyridine rings is 1. The van der Waals surface area contributed by atoms with Crippen molar-refractivity contribution in [3.8, 4) is 0 Å². The second kappa shape index (κ2) is 7.38. The highest BCUT2D eigenvalue weighted by Gasteiger charge is 2.30. The number of anilines is 1. The van der Waals surface area contributed by atoms with Crippen molar-refractivity contribution in [3.63, 3.8) is 0 Å². The molecule has 148 valence electrons. The van der Waals surface area contributed by atoms with E-state index in [0.717, 1.165) is 18.4 Å². The van der Waals surface area contributed by atoms with Crippen LogP contribution in [-0.4, -0.2) is 19.7 Å². The molecule has 3 rings (SSSR count). The van der Waals surface area contributed by atoms with Gasteiger partial charge in [-0.2, -0.15) is 13.2 Å². The molecule has 0 spiro atoms. The predicted molar refractivity (Wildman–Crippen MR) is 99.0 cm³/mol. The first-order valence-corrected chi connectivity index (χ1v) is 10.2. The summed E-state index contributed by atoms with van der Waals surface area (Å²) in [5.74, 6) is -0.750. The van der Waals surface area contributed by atoms with Crippen LogP contribution in [0.4, 0.5) is 23.2 Å². The second-order valence-corrected chi connectivity index (χ2v) is 8.57. The van der Waals surface area contributed by atoms with Gasteiger partial charge in [0.05, 0.1) is 16.8 Å². The van der Waals surface area contributed by atoms with Crippen LogP contribution in [0.2, 0.25) is 0 Å². The lowest BCUT2D eigenvalue weighted by molar-refractivity contribution is -0.137. The average Bonchev–Trinajstić information content (AvgIpc) is 2.59. The van der Waals surface area contributed by atoms with E-state index in [1.165, 1.54) is 30.5 Å². The van der Waals surface area contributed by atoms with E-state index >= 15 is 0 Å². The standard InChI is InChI=1S/C19H16F4N2O2S/c1-28(26,27)11-12-2-4-15(20)8-13(12)10-25-17-6-7-24-18-9-14(19(21,22)23)3-5-16(17)18/h2-9H,10-11H2,1H3,(H,24,25). The zero-order chi connectivity index (χ0) is 20.5. The highest BCUT2D eigenvalue weighted by Crippen LogP contribution is 2.32. The summed E-state index contributed by atoms with van der Waals surface area (Å²) < 4.78 is 75.4. The summed E-state index contributed by atoms with van der Waals surface area (Å²) in [6, 6.07) is 8.66. The van der Waals surface area contributed by atoms with Gasteiger partial charge in [0.2, 0.25) is 0 Å². The molecule has 0 saturated heterocycles. The van der Waals surface area contributed by atoms with Crippen molar-refractivity contribution in [2.75, 3.05) is 11.6 Å². The normalized spacial score (nSPS) is 12.3. The Bertz CT molecular complexity index is 1130. The molecule has 0 saturated carbocycles. The summed E-state index contributed by atoms with van der Waals surface area (Å²) >= 11 is 0. The summed E-state index contributed by atoms with van der Waals surface area (Å²) in [5.41, 5.74) is 0.769. The van der Waals surface area contributed by atoms with Crippen LogP contribution in [0.5, 0.6) is 0 Å². The minimum absolute atomic E-state index is 0.0999. The molecule has 1 heterocycles. The van der Waals surface area contributed by atoms with E-state index in [4.69, 9.17) is 0 Å². The van der Waals surface area contributed by atoms with Crippen LogP contribution < -0.4 is 5.32 Å². The maximum Gasteiger partial charge on any atom is 0.416 e. The van der Waals surface area contributed by atoms with Crippen molar-refractivity contribution in [1.29, 1.82) is 0 Å². The van der Waals surface area contributed by atoms with Gasteiger partial charge in [-0.25, -0.2) is 12.8 Å². The minimum atomic E-state index is -4.47. The van der Waals surface area contributed by atoms with Gasteiger partial charge in [0, 0.05) is 30.1 Å². The van der Waals surface area contributed by atoms with Gasteiger partial charge in [0.25, 0.3) is 0 Å². The van der Waals surface area contributed by atoms with Crippen molar-refractivity contribution < 1.29 is 26.0 Å². The van der Waals surface area contributed by atoms with Crippen molar-refractivity contribution in [2.24, 2.45) is 0 Å². The molecule has 0 radical (unpaired) electrons. The molecule has 0 aliphatic rings. The lowest BCUT2D eigenvalue weighted by Gasteiger charge is -2.14. The van der Waals surface area contributed by atoms with Crippen LogP contribution in [0, 0.1) is 5.82 Å². The molecule has 0 atom stereocenters. The Kier molecular flexibility index (Phi) is 5.29. The van der Waals surface area contributed by atoms with Gasteiger partial charge in [-0.3, -0.25) is 4.98 Å². The van der Waals surface area contributed by atoms with E-state index in [9.17, 15) is 26.0 Å². The number of halogens is 4. The number of hydrogen-bond donors (Lipinski definition) is 1. The molecule has 0 unspecified atom stereocenters. The van der Waals surface area contributed by atoms with E-state index in [-0.39, 0.29) is 17.8 Å². The molecular weight excluding hydrogens is 396 g/mol. The smallest absolute Gasteiger partial charge is 0.380 e. The van der Waals surface area contributed by atoms with E-state index in [2.05, 4.69) is 10.3 Å². The maximum atomic E-state index is 13.6. The molecule has 1 aromatic heterocycles. The third-order valence-electron chi connectivity index (χ3n) is 4.13. The number of benzene rings is 2. The largest absolute Gasteiger partial charge is 0.416 e. The molecule has 28 heavy (non-hydrogen) atoms. The fourth-order valence-electron chi connectivity index (χ4n) is 2.85. The molecule has 0 fully saturated rings. The number of hydrogen-bond acceptors (Lipinski definition) is 4. The molecular formula is C19H16F4N2O2S. The number of aromatic nitrogens is 1. The van der Waals surface area contributed by atoms with Crippen molar-refractivity contribution in [1.82, 2.24) is 4.98 Å². The van der Waals surface area contributed by atoms with Gasteiger partial charge in [0.1, 0.15) is 5.82 Å². The molecule has 9 heteroatoms. The second-order valence-electron chi connectivity index (χ2n) is 6.42. The Hall–Kier alpha value is -2.68. The zero-order valence-electron chi connectivity index (χ0n) is 14.7. The predicted octanol–water partition coefficient (Wildman–Crippen LogP) is 4.55. The van der Waals surface area contributed by atoms with Gasteiger partial charge in [-0.05, 0) is 41.5 Å². The SMILES string of the molecule is CS(=O)(=O)Cc1ccc(F)cc1CNc1ccnc2cc(C(F)(F)F)ccc12. The molecule has 3 aromatic rings. The Morgan fingerprint density at radius 1 is 1.04 bits per heavy atom. The number of sulfone groups is 1. The fourth-order valence-corrected chi connectivity index (χ4v) is 3.70. The van der Waals surface area contributed by atoms with Crippen molar-refractivity contribution >= 4 is 26.4 Å². The van der Waals surface area contributed by atoms with Crippen LogP contribution in [-0.2, 0) is 28.3 Å². The highest BCUT2D eigenvalue weighted by molar-refractivity contribution is 7.89. The van der Waals surface area contributed by atoms with Crippen LogP contribution in [0.15, 0.2) is 48.7 Å². The summed E-state index contributed by atoms with van der Waals surface area (Å²) in [4.78, 5) is 3.97. The van der Waals surface area contributed by atoms with Crippen molar-refractivity contribution in [3.05, 3.63) is 71.2 Å². The third-order valence-corrected chi connectivity index (χ3v) is 4.96. The van der Waals surface area contributed by atoms with Crippen LogP contribution in [0.25, 0.3) is 10.9 Å². The van der Waals surface area contributed by atoms with Crippen LogP contribution in [0.1, 0.15) is 16.7 Å². The molecule has 2 aromatic carbocycles. The van der Waals surface area contributed by atoms with Gasteiger partial charge in [0.15, 0.2) is 9.84 Å². The number of nitrogens with zero attached hydrogens (tertiary/aromatic N) is 1. The topological polar surface area (TPSA) is 59.1 Å².